The van der Waals surface area contributed by atoms with Crippen LogP contribution in [0.5, 0.6) is 0 Å². The lowest BCUT2D eigenvalue weighted by Crippen LogP contribution is -2.30. The van der Waals surface area contributed by atoms with Gasteiger partial charge in [0.1, 0.15) is 0 Å². The van der Waals surface area contributed by atoms with Crippen LogP contribution in [0.2, 0.25) is 0 Å². The minimum Gasteiger partial charge on any atom is -0.301 e. The van der Waals surface area contributed by atoms with Gasteiger partial charge in [-0.2, -0.15) is 0 Å². The number of benzene rings is 3. The first-order chi connectivity index (χ1) is 15.0. The van der Waals surface area contributed by atoms with Crippen LogP contribution in [0.15, 0.2) is 90.3 Å². The van der Waals surface area contributed by atoms with Crippen LogP contribution >= 0.6 is 11.3 Å². The Bertz CT molecular complexity index is 1180. The third kappa shape index (κ3) is 3.28. The van der Waals surface area contributed by atoms with Gasteiger partial charge in [0.25, 0.3) is 0 Å². The summed E-state index contributed by atoms with van der Waals surface area (Å²) < 4.78 is 0. The van der Waals surface area contributed by atoms with Crippen molar-refractivity contribution >= 4 is 22.4 Å². The van der Waals surface area contributed by atoms with Crippen molar-refractivity contribution < 1.29 is 4.79 Å². The van der Waals surface area contributed by atoms with Crippen LogP contribution in [0.3, 0.4) is 0 Å². The molecule has 1 aromatic heterocycles. The molecule has 1 unspecified atom stereocenters. The van der Waals surface area contributed by atoms with Crippen molar-refractivity contribution in [1.82, 2.24) is 4.98 Å². The van der Waals surface area contributed by atoms with E-state index >= 15 is 0 Å². The van der Waals surface area contributed by atoms with Crippen molar-refractivity contribution in [2.24, 2.45) is 5.41 Å². The maximum atomic E-state index is 13.5. The summed E-state index contributed by atoms with van der Waals surface area (Å²) in [6, 6.07) is 29.0. The van der Waals surface area contributed by atoms with Crippen LogP contribution < -0.4 is 5.32 Å². The van der Waals surface area contributed by atoms with Crippen LogP contribution in [0.1, 0.15) is 30.0 Å². The van der Waals surface area contributed by atoms with Crippen LogP contribution in [-0.2, 0) is 10.2 Å². The van der Waals surface area contributed by atoms with Crippen molar-refractivity contribution in [3.63, 3.8) is 0 Å². The van der Waals surface area contributed by atoms with Gasteiger partial charge in [-0.3, -0.25) is 4.79 Å². The van der Waals surface area contributed by atoms with Crippen molar-refractivity contribution in [3.8, 4) is 11.3 Å². The van der Waals surface area contributed by atoms with Gasteiger partial charge in [0.15, 0.2) is 5.13 Å². The van der Waals surface area contributed by atoms with E-state index in [-0.39, 0.29) is 11.3 Å². The molecule has 0 spiro atoms. The van der Waals surface area contributed by atoms with E-state index in [9.17, 15) is 4.79 Å². The second-order valence-electron chi connectivity index (χ2n) is 8.50. The Labute approximate surface area is 186 Å². The third-order valence-electron chi connectivity index (χ3n) is 6.54. The SMILES string of the molecule is Cc1ccc(-c2csc(NC(=O)C3(C)CC3(c3ccccc3)c3ccccc3)n2)cc1. The summed E-state index contributed by atoms with van der Waals surface area (Å²) in [4.78, 5) is 18.2. The number of nitrogens with zero attached hydrogens (tertiary/aromatic N) is 1. The zero-order valence-electron chi connectivity index (χ0n) is 17.6. The molecule has 0 radical (unpaired) electrons. The van der Waals surface area contributed by atoms with Gasteiger partial charge >= 0.3 is 0 Å². The molecule has 5 rings (SSSR count). The number of thiazole rings is 1. The number of hydrogen-bond donors (Lipinski definition) is 1. The fraction of sp³-hybridized carbons (Fsp3) is 0.185. The molecule has 0 aliphatic heterocycles. The van der Waals surface area contributed by atoms with Crippen LogP contribution in [0.25, 0.3) is 11.3 Å². The standard InChI is InChI=1S/C27H24N2OS/c1-19-13-15-20(16-14-19)23-17-31-25(28-23)29-24(30)26(2)18-27(26,21-9-5-3-6-10-21)22-11-7-4-8-12-22/h3-17H,18H2,1-2H3,(H,28,29,30). The van der Waals surface area contributed by atoms with Gasteiger partial charge in [-0.05, 0) is 31.4 Å². The lowest BCUT2D eigenvalue weighted by molar-refractivity contribution is -0.121. The zero-order valence-corrected chi connectivity index (χ0v) is 18.4. The third-order valence-corrected chi connectivity index (χ3v) is 7.30. The van der Waals surface area contributed by atoms with Crippen molar-refractivity contribution in [2.75, 3.05) is 5.32 Å². The molecule has 0 saturated heterocycles. The Hall–Kier alpha value is -3.24. The quantitative estimate of drug-likeness (QED) is 0.400. The maximum absolute atomic E-state index is 13.5. The molecule has 3 aromatic carbocycles. The molecule has 1 atom stereocenters. The number of carbonyl (C=O) groups excluding carboxylic acids is 1. The molecule has 154 valence electrons. The fourth-order valence-corrected chi connectivity index (χ4v) is 5.35. The molecule has 1 aliphatic carbocycles. The first-order valence-electron chi connectivity index (χ1n) is 10.5. The number of carbonyl (C=O) groups is 1. The lowest BCUT2D eigenvalue weighted by Gasteiger charge is -2.23. The Balaban J connectivity index is 1.43. The number of aryl methyl sites for hydroxylation is 1. The average molecular weight is 425 g/mol. The van der Waals surface area contributed by atoms with Crippen molar-refractivity contribution in [3.05, 3.63) is 107 Å². The normalized spacial score (nSPS) is 19.0. The molecule has 1 N–H and O–H groups in total. The van der Waals surface area contributed by atoms with Gasteiger partial charge in [0, 0.05) is 16.4 Å². The number of hydrogen-bond acceptors (Lipinski definition) is 3. The van der Waals surface area contributed by atoms with E-state index in [4.69, 9.17) is 0 Å². The number of rotatable bonds is 5. The van der Waals surface area contributed by atoms with E-state index in [1.54, 1.807) is 0 Å². The zero-order chi connectivity index (χ0) is 21.5. The summed E-state index contributed by atoms with van der Waals surface area (Å²) in [6.45, 7) is 4.13. The van der Waals surface area contributed by atoms with Gasteiger partial charge in [-0.25, -0.2) is 4.98 Å². The van der Waals surface area contributed by atoms with Crippen LogP contribution in [0.4, 0.5) is 5.13 Å². The molecule has 1 fully saturated rings. The minimum atomic E-state index is -0.536. The predicted octanol–water partition coefficient (Wildman–Crippen LogP) is 6.45. The Kier molecular flexibility index (Phi) is 4.75. The molecule has 1 saturated carbocycles. The summed E-state index contributed by atoms with van der Waals surface area (Å²) in [5.74, 6) is 0.0185. The fourth-order valence-electron chi connectivity index (χ4n) is 4.64. The summed E-state index contributed by atoms with van der Waals surface area (Å²) >= 11 is 1.47. The van der Waals surface area contributed by atoms with Gasteiger partial charge in [0.2, 0.25) is 5.91 Å². The largest absolute Gasteiger partial charge is 0.301 e. The minimum absolute atomic E-state index is 0.0185. The summed E-state index contributed by atoms with van der Waals surface area (Å²) in [5, 5.41) is 5.75. The topological polar surface area (TPSA) is 42.0 Å². The smallest absolute Gasteiger partial charge is 0.233 e. The number of aromatic nitrogens is 1. The highest BCUT2D eigenvalue weighted by atomic mass is 32.1. The maximum Gasteiger partial charge on any atom is 0.233 e. The molecule has 1 heterocycles. The van der Waals surface area contributed by atoms with Crippen molar-refractivity contribution in [1.29, 1.82) is 0 Å². The first kappa shape index (κ1) is 19.7. The highest BCUT2D eigenvalue weighted by Crippen LogP contribution is 2.68. The Morgan fingerprint density at radius 3 is 2.06 bits per heavy atom. The average Bonchev–Trinajstić information content (AvgIpc) is 3.21. The molecular weight excluding hydrogens is 400 g/mol. The second-order valence-corrected chi connectivity index (χ2v) is 9.36. The van der Waals surface area contributed by atoms with Gasteiger partial charge in [-0.15, -0.1) is 11.3 Å². The summed E-state index contributed by atoms with van der Waals surface area (Å²) in [5.41, 5.74) is 4.66. The molecular formula is C27H24N2OS. The van der Waals surface area contributed by atoms with Gasteiger partial charge in [0.05, 0.1) is 11.1 Å². The Morgan fingerprint density at radius 1 is 0.903 bits per heavy atom. The predicted molar refractivity (Wildman–Crippen MR) is 127 cm³/mol. The highest BCUT2D eigenvalue weighted by Gasteiger charge is 2.70. The van der Waals surface area contributed by atoms with Crippen LogP contribution in [0, 0.1) is 12.3 Å². The lowest BCUT2D eigenvalue weighted by atomic mass is 9.80. The van der Waals surface area contributed by atoms with Crippen LogP contribution in [-0.4, -0.2) is 10.9 Å². The molecule has 0 bridgehead atoms. The molecule has 31 heavy (non-hydrogen) atoms. The first-order valence-corrected chi connectivity index (χ1v) is 11.4. The second kappa shape index (κ2) is 7.47. The van der Waals surface area contributed by atoms with E-state index in [1.807, 2.05) is 41.8 Å². The van der Waals surface area contributed by atoms with E-state index in [0.717, 1.165) is 17.7 Å². The monoisotopic (exact) mass is 424 g/mol. The van der Waals surface area contributed by atoms with E-state index in [1.165, 1.54) is 28.0 Å². The Morgan fingerprint density at radius 2 is 1.48 bits per heavy atom. The number of amides is 1. The van der Waals surface area contributed by atoms with E-state index < -0.39 is 5.41 Å². The molecule has 4 aromatic rings. The van der Waals surface area contributed by atoms with Gasteiger partial charge < -0.3 is 5.32 Å². The molecule has 1 aliphatic rings. The molecule has 1 amide bonds. The number of nitrogens with one attached hydrogen (secondary N) is 1. The molecule has 3 nitrogen and oxygen atoms in total. The van der Waals surface area contributed by atoms with Crippen molar-refractivity contribution in [2.45, 2.75) is 25.7 Å². The number of anilines is 1. The van der Waals surface area contributed by atoms with E-state index in [2.05, 4.69) is 72.7 Å². The highest BCUT2D eigenvalue weighted by molar-refractivity contribution is 7.14. The summed E-state index contributed by atoms with van der Waals surface area (Å²) in [6.07, 6.45) is 0.774. The molecule has 4 heteroatoms. The van der Waals surface area contributed by atoms with E-state index in [0.29, 0.717) is 5.13 Å². The summed E-state index contributed by atoms with van der Waals surface area (Å²) in [7, 11) is 0. The van der Waals surface area contributed by atoms with Gasteiger partial charge in [-0.1, -0.05) is 90.5 Å².